The van der Waals surface area contributed by atoms with Crippen LogP contribution in [0, 0.1) is 0 Å². The molecule has 0 saturated carbocycles. The van der Waals surface area contributed by atoms with Gasteiger partial charge in [-0.2, -0.15) is 5.10 Å². The fourth-order valence-electron chi connectivity index (χ4n) is 3.47. The summed E-state index contributed by atoms with van der Waals surface area (Å²) in [7, 11) is 0. The maximum Gasteiger partial charge on any atom is 0.319 e. The number of morpholine rings is 1. The molecule has 0 aliphatic carbocycles. The van der Waals surface area contributed by atoms with Crippen LogP contribution in [-0.4, -0.2) is 60.1 Å². The van der Waals surface area contributed by atoms with Gasteiger partial charge in [0.25, 0.3) is 0 Å². The molecule has 0 bridgehead atoms. The van der Waals surface area contributed by atoms with Crippen molar-refractivity contribution in [3.8, 4) is 16.9 Å². The highest BCUT2D eigenvalue weighted by Gasteiger charge is 2.21. The van der Waals surface area contributed by atoms with Gasteiger partial charge in [-0.3, -0.25) is 4.90 Å². The first-order chi connectivity index (χ1) is 15.1. The molecule has 9 heteroatoms. The Labute approximate surface area is 185 Å². The minimum Gasteiger partial charge on any atom is -0.382 e. The van der Waals surface area contributed by atoms with E-state index in [1.807, 2.05) is 48.5 Å². The topological polar surface area (TPSA) is 97.4 Å². The quantitative estimate of drug-likeness (QED) is 0.546. The summed E-state index contributed by atoms with van der Waals surface area (Å²) in [5.74, 6) is 0.301. The molecule has 1 aliphatic rings. The van der Waals surface area contributed by atoms with Gasteiger partial charge >= 0.3 is 6.03 Å². The number of nitrogens with two attached hydrogens (primary N) is 1. The summed E-state index contributed by atoms with van der Waals surface area (Å²) in [6.45, 7) is 4.48. The largest absolute Gasteiger partial charge is 0.382 e. The molecule has 0 spiro atoms. The van der Waals surface area contributed by atoms with Crippen LogP contribution in [0.2, 0.25) is 5.02 Å². The van der Waals surface area contributed by atoms with Crippen molar-refractivity contribution < 1.29 is 9.53 Å². The Hall–Kier alpha value is -3.07. The number of benzene rings is 2. The number of anilines is 2. The van der Waals surface area contributed by atoms with E-state index in [0.29, 0.717) is 34.5 Å². The first kappa shape index (κ1) is 21.2. The van der Waals surface area contributed by atoms with Gasteiger partial charge in [-0.1, -0.05) is 54.1 Å². The molecule has 31 heavy (non-hydrogen) atoms. The first-order valence-corrected chi connectivity index (χ1v) is 10.5. The van der Waals surface area contributed by atoms with Crippen molar-refractivity contribution in [1.29, 1.82) is 0 Å². The number of hydrogen-bond donors (Lipinski definition) is 3. The third-order valence-corrected chi connectivity index (χ3v) is 5.42. The first-order valence-electron chi connectivity index (χ1n) is 10.2. The fourth-order valence-corrected chi connectivity index (χ4v) is 3.69. The zero-order valence-corrected chi connectivity index (χ0v) is 17.8. The van der Waals surface area contributed by atoms with Crippen LogP contribution >= 0.6 is 11.6 Å². The average molecular weight is 441 g/mol. The summed E-state index contributed by atoms with van der Waals surface area (Å²) in [6.07, 6.45) is 0. The summed E-state index contributed by atoms with van der Waals surface area (Å²) >= 11 is 6.36. The molecule has 2 aromatic carbocycles. The van der Waals surface area contributed by atoms with Crippen LogP contribution in [-0.2, 0) is 4.74 Å². The molecule has 162 valence electrons. The lowest BCUT2D eigenvalue weighted by atomic mass is 10.1. The third-order valence-electron chi connectivity index (χ3n) is 5.10. The van der Waals surface area contributed by atoms with Crippen molar-refractivity contribution in [3.63, 3.8) is 0 Å². The molecule has 1 aliphatic heterocycles. The van der Waals surface area contributed by atoms with E-state index in [1.165, 1.54) is 0 Å². The molecule has 2 amide bonds. The van der Waals surface area contributed by atoms with Gasteiger partial charge in [0, 0.05) is 31.7 Å². The highest BCUT2D eigenvalue weighted by Crippen LogP contribution is 2.35. The highest BCUT2D eigenvalue weighted by molar-refractivity contribution is 6.32. The number of nitrogens with zero attached hydrogens (tertiary/aromatic N) is 3. The van der Waals surface area contributed by atoms with Crippen molar-refractivity contribution in [1.82, 2.24) is 20.0 Å². The normalized spacial score (nSPS) is 14.4. The predicted octanol–water partition coefficient (Wildman–Crippen LogP) is 3.23. The second-order valence-corrected chi connectivity index (χ2v) is 7.58. The molecule has 4 N–H and O–H groups in total. The Kier molecular flexibility index (Phi) is 6.71. The molecular formula is C22H25ClN6O2. The highest BCUT2D eigenvalue weighted by atomic mass is 35.5. The maximum atomic E-state index is 12.6. The lowest BCUT2D eigenvalue weighted by molar-refractivity contribution is 0.0388. The Morgan fingerprint density at radius 2 is 1.81 bits per heavy atom. The number of nitrogens with one attached hydrogen (secondary N) is 2. The van der Waals surface area contributed by atoms with E-state index >= 15 is 0 Å². The van der Waals surface area contributed by atoms with Gasteiger partial charge in [-0.05, 0) is 12.1 Å². The monoisotopic (exact) mass is 440 g/mol. The minimum absolute atomic E-state index is 0.301. The molecule has 0 unspecified atom stereocenters. The molecule has 4 rings (SSSR count). The van der Waals surface area contributed by atoms with Crippen molar-refractivity contribution in [2.24, 2.45) is 0 Å². The van der Waals surface area contributed by atoms with Crippen molar-refractivity contribution >= 4 is 29.1 Å². The van der Waals surface area contributed by atoms with Gasteiger partial charge in [0.2, 0.25) is 0 Å². The number of hydrogen-bond acceptors (Lipinski definition) is 5. The van der Waals surface area contributed by atoms with Crippen LogP contribution < -0.4 is 16.4 Å². The number of carbonyl (C=O) groups excluding carboxylic acids is 1. The number of para-hydroxylation sites is 1. The smallest absolute Gasteiger partial charge is 0.319 e. The number of ether oxygens (including phenoxy) is 1. The average Bonchev–Trinajstić information content (AvgIpc) is 3.11. The predicted molar refractivity (Wildman–Crippen MR) is 123 cm³/mol. The number of urea groups is 1. The van der Waals surface area contributed by atoms with Crippen LogP contribution in [0.4, 0.5) is 16.3 Å². The van der Waals surface area contributed by atoms with E-state index < -0.39 is 0 Å². The second kappa shape index (κ2) is 9.82. The number of halogens is 1. The van der Waals surface area contributed by atoms with E-state index in [-0.39, 0.29) is 6.03 Å². The third kappa shape index (κ3) is 4.99. The van der Waals surface area contributed by atoms with Gasteiger partial charge in [0.15, 0.2) is 5.82 Å². The second-order valence-electron chi connectivity index (χ2n) is 7.17. The summed E-state index contributed by atoms with van der Waals surface area (Å²) in [4.78, 5) is 14.9. The van der Waals surface area contributed by atoms with Gasteiger partial charge in [0.05, 0.1) is 23.9 Å². The number of aromatic nitrogens is 2. The lowest BCUT2D eigenvalue weighted by Gasteiger charge is -2.26. The van der Waals surface area contributed by atoms with Crippen LogP contribution in [0.5, 0.6) is 0 Å². The lowest BCUT2D eigenvalue weighted by Crippen LogP contribution is -2.42. The fraction of sp³-hybridized carbons (Fsp3) is 0.273. The van der Waals surface area contributed by atoms with Gasteiger partial charge in [0.1, 0.15) is 11.4 Å². The van der Waals surface area contributed by atoms with E-state index in [1.54, 1.807) is 10.7 Å². The summed E-state index contributed by atoms with van der Waals surface area (Å²) < 4.78 is 6.90. The zero-order valence-electron chi connectivity index (χ0n) is 17.1. The molecule has 3 aromatic rings. The number of amides is 2. The molecule has 1 fully saturated rings. The van der Waals surface area contributed by atoms with Crippen LogP contribution in [0.15, 0.2) is 54.6 Å². The molecule has 0 atom stereocenters. The van der Waals surface area contributed by atoms with Gasteiger partial charge in [-0.15, -0.1) is 0 Å². The minimum atomic E-state index is -0.337. The van der Waals surface area contributed by atoms with Crippen molar-refractivity contribution in [2.75, 3.05) is 50.4 Å². The zero-order chi connectivity index (χ0) is 21.6. The van der Waals surface area contributed by atoms with Gasteiger partial charge in [-0.25, -0.2) is 9.48 Å². The van der Waals surface area contributed by atoms with Crippen molar-refractivity contribution in [2.45, 2.75) is 0 Å². The van der Waals surface area contributed by atoms with E-state index in [4.69, 9.17) is 22.1 Å². The summed E-state index contributed by atoms with van der Waals surface area (Å²) in [5.41, 5.74) is 8.90. The molecule has 0 radical (unpaired) electrons. The number of nitrogen functional groups attached to an aromatic ring is 1. The van der Waals surface area contributed by atoms with E-state index in [9.17, 15) is 4.79 Å². The Morgan fingerprint density at radius 1 is 1.10 bits per heavy atom. The van der Waals surface area contributed by atoms with E-state index in [2.05, 4.69) is 20.6 Å². The SMILES string of the molecule is Nc1c(NC(=O)NCCN2CCOCC2)c(-c2ccccc2)nn1-c1ccccc1Cl. The Morgan fingerprint density at radius 3 is 2.55 bits per heavy atom. The molecule has 2 heterocycles. The molecule has 1 aromatic heterocycles. The maximum absolute atomic E-state index is 12.6. The summed E-state index contributed by atoms with van der Waals surface area (Å²) in [5, 5.41) is 10.9. The Balaban J connectivity index is 1.55. The molecular weight excluding hydrogens is 416 g/mol. The molecule has 1 saturated heterocycles. The summed E-state index contributed by atoms with van der Waals surface area (Å²) in [6, 6.07) is 16.5. The van der Waals surface area contributed by atoms with Crippen molar-refractivity contribution in [3.05, 3.63) is 59.6 Å². The van der Waals surface area contributed by atoms with Crippen LogP contribution in [0.3, 0.4) is 0 Å². The standard InChI is InChI=1S/C22H25ClN6O2/c23-17-8-4-5-9-18(17)29-21(24)20(19(27-29)16-6-2-1-3-7-16)26-22(30)25-10-11-28-12-14-31-15-13-28/h1-9H,10-15,24H2,(H2,25,26,30). The van der Waals surface area contributed by atoms with Crippen LogP contribution in [0.25, 0.3) is 16.9 Å². The van der Waals surface area contributed by atoms with Crippen LogP contribution in [0.1, 0.15) is 0 Å². The number of carbonyl (C=O) groups is 1. The van der Waals surface area contributed by atoms with E-state index in [0.717, 1.165) is 38.4 Å². The van der Waals surface area contributed by atoms with Gasteiger partial charge < -0.3 is 21.1 Å². The Bertz CT molecular complexity index is 1030. The number of rotatable bonds is 6. The molecule has 8 nitrogen and oxygen atoms in total.